The van der Waals surface area contributed by atoms with Crippen molar-refractivity contribution < 1.29 is 29.1 Å². The number of aldehydes is 1. The van der Waals surface area contributed by atoms with Gasteiger partial charge in [-0.15, -0.1) is 0 Å². The van der Waals surface area contributed by atoms with Gasteiger partial charge in [-0.05, 0) is 171 Å². The van der Waals surface area contributed by atoms with Crippen molar-refractivity contribution in [2.75, 3.05) is 69.3 Å². The Labute approximate surface area is 652 Å². The standard InChI is InChI=1S/C44H67N5O2S.C29H46N2OS.C15H26N2O2.CH4O/c1-11-17-21-35(15-5)29-47(30-36(16-6)22-18-12-2)44-46-41(40-32(8)25-31(7)26-33(40)9)39(52-44)27-37-34(10)38(28-45)43(51)49(42(37)50)48(23-19-13-3)24-20-14-4;1-8-12-14-24(10-3)18-31(19-25(11-4)15-13-9-2)29-30-28(26(20-32)33-29)27-22(6)16-21(5)17-23(27)7;1-5-7-9-16(10-8-6-2)17-14(18)11-12(3)13(4)15(17)19;1-2/h25-27,35-36H,11-24,29-30H2,1-10H3;16-17,20,24-25H,8-15,18-19H2,1-7H3;5-11H2,1-4H3;2H,1H3/b37-27-;;;. The number of imide groups is 2. The maximum Gasteiger partial charge on any atom is 0.286 e. The molecule has 15 nitrogen and oxygen atoms in total. The number of amides is 4. The van der Waals surface area contributed by atoms with Gasteiger partial charge in [-0.1, -0.05) is 249 Å². The zero-order chi connectivity index (χ0) is 79.2. The van der Waals surface area contributed by atoms with Crippen LogP contribution in [0, 0.1) is 76.5 Å². The Morgan fingerprint density at radius 2 is 0.802 bits per heavy atom. The van der Waals surface area contributed by atoms with Gasteiger partial charge in [0.25, 0.3) is 17.7 Å². The summed E-state index contributed by atoms with van der Waals surface area (Å²) in [5, 5.41) is 25.7. The van der Waals surface area contributed by atoms with Gasteiger partial charge in [0.2, 0.25) is 5.91 Å². The van der Waals surface area contributed by atoms with Crippen molar-refractivity contribution >= 4 is 68.9 Å². The van der Waals surface area contributed by atoms with Gasteiger partial charge in [-0.2, -0.15) is 5.26 Å². The van der Waals surface area contributed by atoms with Crippen LogP contribution in [-0.4, -0.2) is 124 Å². The number of nitrogens with zero attached hydrogens (tertiary/aromatic N) is 9. The Bertz CT molecular complexity index is 3400. The molecule has 0 saturated heterocycles. The Morgan fingerprint density at radius 3 is 1.12 bits per heavy atom. The number of thiazole rings is 2. The monoisotopic (exact) mass is 1500 g/mol. The Kier molecular flexibility index (Phi) is 44.8. The summed E-state index contributed by atoms with van der Waals surface area (Å²) in [5.41, 5.74) is 13.6. The summed E-state index contributed by atoms with van der Waals surface area (Å²) in [5.74, 6) is 1.38. The predicted molar refractivity (Wildman–Crippen MR) is 450 cm³/mol. The van der Waals surface area contributed by atoms with E-state index in [1.54, 1.807) is 29.6 Å². The van der Waals surface area contributed by atoms with Crippen LogP contribution in [0.25, 0.3) is 28.6 Å². The second-order valence-electron chi connectivity index (χ2n) is 30.1. The summed E-state index contributed by atoms with van der Waals surface area (Å²) in [7, 11) is 1.00. The van der Waals surface area contributed by atoms with Crippen LogP contribution in [0.1, 0.15) is 312 Å². The highest BCUT2D eigenvalue weighted by Crippen LogP contribution is 2.42. The topological polar surface area (TPSA) is 175 Å². The van der Waals surface area contributed by atoms with Crippen molar-refractivity contribution in [3.63, 3.8) is 0 Å². The van der Waals surface area contributed by atoms with E-state index in [4.69, 9.17) is 15.1 Å². The van der Waals surface area contributed by atoms with Gasteiger partial charge in [0, 0.05) is 81.7 Å². The molecule has 2 aromatic carbocycles. The number of unbranched alkanes of at least 4 members (excludes halogenated alkanes) is 8. The minimum absolute atomic E-state index is 0.0304. The summed E-state index contributed by atoms with van der Waals surface area (Å²) in [4.78, 5) is 82.3. The molecule has 2 aromatic heterocycles. The van der Waals surface area contributed by atoms with E-state index in [0.29, 0.717) is 54.3 Å². The number of hydrazine groups is 2. The fourth-order valence-corrected chi connectivity index (χ4v) is 16.5. The second kappa shape index (κ2) is 50.5. The third kappa shape index (κ3) is 27.7. The first-order valence-corrected chi connectivity index (χ1v) is 42.9. The molecule has 2 aliphatic heterocycles. The molecule has 106 heavy (non-hydrogen) atoms. The first-order chi connectivity index (χ1) is 50.9. The summed E-state index contributed by atoms with van der Waals surface area (Å²) in [6, 6.07) is 11.0. The lowest BCUT2D eigenvalue weighted by Gasteiger charge is -2.36. The van der Waals surface area contributed by atoms with Crippen molar-refractivity contribution in [1.29, 1.82) is 5.26 Å². The van der Waals surface area contributed by atoms with Crippen LogP contribution < -0.4 is 9.80 Å². The molecule has 17 heteroatoms. The van der Waals surface area contributed by atoms with E-state index in [2.05, 4.69) is 165 Å². The molecule has 0 spiro atoms. The summed E-state index contributed by atoms with van der Waals surface area (Å²) >= 11 is 3.23. The molecule has 6 rings (SSSR count). The summed E-state index contributed by atoms with van der Waals surface area (Å²) < 4.78 is 0. The van der Waals surface area contributed by atoms with Gasteiger partial charge in [0.1, 0.15) is 11.6 Å². The van der Waals surface area contributed by atoms with E-state index in [1.807, 2.05) is 29.9 Å². The van der Waals surface area contributed by atoms with Gasteiger partial charge >= 0.3 is 0 Å². The highest BCUT2D eigenvalue weighted by Gasteiger charge is 2.40. The lowest BCUT2D eigenvalue weighted by Crippen LogP contribution is -2.54. The molecule has 0 saturated carbocycles. The van der Waals surface area contributed by atoms with Crippen LogP contribution in [-0.2, 0) is 19.2 Å². The third-order valence-electron chi connectivity index (χ3n) is 21.3. The van der Waals surface area contributed by atoms with E-state index in [-0.39, 0.29) is 23.3 Å². The maximum atomic E-state index is 14.5. The smallest absolute Gasteiger partial charge is 0.286 e. The van der Waals surface area contributed by atoms with Crippen molar-refractivity contribution in [2.45, 2.75) is 306 Å². The zero-order valence-electron chi connectivity index (χ0n) is 70.4. The van der Waals surface area contributed by atoms with E-state index in [0.717, 1.165) is 182 Å². The molecule has 4 unspecified atom stereocenters. The highest BCUT2D eigenvalue weighted by atomic mass is 32.1. The quantitative estimate of drug-likeness (QED) is 0.0252. The van der Waals surface area contributed by atoms with E-state index >= 15 is 0 Å². The number of aliphatic hydroxyl groups excluding tert-OH is 1. The zero-order valence-corrected chi connectivity index (χ0v) is 72.1. The number of rotatable bonds is 44. The molecule has 2 aliphatic rings. The average molecular weight is 1500 g/mol. The number of aromatic nitrogens is 2. The molecule has 4 heterocycles. The fourth-order valence-electron chi connectivity index (χ4n) is 14.5. The van der Waals surface area contributed by atoms with Gasteiger partial charge < -0.3 is 14.9 Å². The average Bonchev–Trinajstić information content (AvgIpc) is 1.67. The summed E-state index contributed by atoms with van der Waals surface area (Å²) in [6.45, 7) is 51.7. The number of hydrogen-bond acceptors (Lipinski definition) is 15. The Balaban J connectivity index is 0.000000457. The molecule has 4 atom stereocenters. The number of carbonyl (C=O) groups excluding carboxylic acids is 5. The Morgan fingerprint density at radius 1 is 0.472 bits per heavy atom. The predicted octanol–water partition coefficient (Wildman–Crippen LogP) is 22.7. The lowest BCUT2D eigenvalue weighted by molar-refractivity contribution is -0.163. The number of aryl methyl sites for hydroxylation is 6. The van der Waals surface area contributed by atoms with E-state index < -0.39 is 5.91 Å². The lowest BCUT2D eigenvalue weighted by atomic mass is 9.93. The number of aliphatic hydroxyl groups is 1. The van der Waals surface area contributed by atoms with Crippen LogP contribution in [0.5, 0.6) is 0 Å². The number of carbonyl (C=O) groups is 5. The van der Waals surface area contributed by atoms with Crippen LogP contribution in [0.2, 0.25) is 0 Å². The molecule has 0 radical (unpaired) electrons. The van der Waals surface area contributed by atoms with E-state index in [9.17, 15) is 29.2 Å². The van der Waals surface area contributed by atoms with Crippen molar-refractivity contribution in [1.82, 2.24) is 30.0 Å². The SMILES string of the molecule is CCCCC(CC)CN(CC(CC)CCCC)c1nc(-c2c(C)cc(C)cc2C)c(/C=C2\C(=O)N(N(CCCC)CCCC)C(=O)C(C#N)=C2C)s1.CCCCC(CC)CN(CC(CC)CCCC)c1nc(-c2c(C)cc(C)cc2C)c(C=O)s1.CCCCN(CCCC)N1C(=O)CC(C)=C(C)C1=O.CO. The maximum absolute atomic E-state index is 14.5. The molecule has 0 fully saturated rings. The number of anilines is 2. The Hall–Kier alpha value is -6.16. The third-order valence-corrected chi connectivity index (χ3v) is 23.4. The van der Waals surface area contributed by atoms with Gasteiger partial charge in [0.15, 0.2) is 16.5 Å². The molecule has 0 bridgehead atoms. The molecule has 592 valence electrons. The highest BCUT2D eigenvalue weighted by molar-refractivity contribution is 7.17. The van der Waals surface area contributed by atoms with Crippen molar-refractivity contribution in [2.24, 2.45) is 23.7 Å². The van der Waals surface area contributed by atoms with Crippen LogP contribution in [0.4, 0.5) is 10.3 Å². The minimum Gasteiger partial charge on any atom is -0.400 e. The molecule has 4 amide bonds. The normalized spacial score (nSPS) is 14.8. The van der Waals surface area contributed by atoms with Crippen molar-refractivity contribution in [3.8, 4) is 28.6 Å². The fraction of sp³-hybridized carbons (Fsp3) is 0.663. The second-order valence-corrected chi connectivity index (χ2v) is 32.1. The molecule has 1 N–H and O–H groups in total. The number of nitriles is 1. The molecular formula is C89H143N9O6S2. The number of benzene rings is 2. The van der Waals surface area contributed by atoms with Crippen LogP contribution in [0.3, 0.4) is 0 Å². The van der Waals surface area contributed by atoms with Gasteiger partial charge in [0.05, 0.1) is 27.6 Å². The van der Waals surface area contributed by atoms with Gasteiger partial charge in [-0.25, -0.2) is 30.0 Å². The summed E-state index contributed by atoms with van der Waals surface area (Å²) in [6.07, 6.45) is 30.5. The van der Waals surface area contributed by atoms with E-state index in [1.165, 1.54) is 122 Å². The largest absolute Gasteiger partial charge is 0.400 e. The van der Waals surface area contributed by atoms with Crippen LogP contribution in [0.15, 0.2) is 52.1 Å². The molecule has 4 aromatic rings. The number of hydrogen-bond donors (Lipinski definition) is 1. The first kappa shape index (κ1) is 94.0. The minimum atomic E-state index is -0.522. The van der Waals surface area contributed by atoms with Crippen LogP contribution >= 0.6 is 22.7 Å². The first-order valence-electron chi connectivity index (χ1n) is 41.2. The molecular weight excluding hydrogens is 1360 g/mol. The van der Waals surface area contributed by atoms with Crippen molar-refractivity contribution in [3.05, 3.63) is 95.3 Å². The van der Waals surface area contributed by atoms with Gasteiger partial charge in [-0.3, -0.25) is 24.0 Å². The molecule has 0 aliphatic carbocycles.